The summed E-state index contributed by atoms with van der Waals surface area (Å²) >= 11 is 1.27. The van der Waals surface area contributed by atoms with Gasteiger partial charge < -0.3 is 19.6 Å². The molecule has 3 aromatic rings. The molecule has 1 atom stereocenters. The Labute approximate surface area is 209 Å². The second kappa shape index (κ2) is 10.4. The number of aliphatic hydroxyl groups is 1. The first-order valence-electron chi connectivity index (χ1n) is 11.4. The molecule has 35 heavy (non-hydrogen) atoms. The van der Waals surface area contributed by atoms with Crippen molar-refractivity contribution in [3.63, 3.8) is 0 Å². The van der Waals surface area contributed by atoms with Gasteiger partial charge in [-0.3, -0.25) is 9.59 Å². The summed E-state index contributed by atoms with van der Waals surface area (Å²) in [6.07, 6.45) is 0.584. The SMILES string of the molecule is COCCCN1C(=O)C(O)=C(C(=O)c2sc(-c3ccccc3)nc2C)C1c1ccc(N(C)C)cc1. The largest absolute Gasteiger partial charge is 0.503 e. The van der Waals surface area contributed by atoms with Crippen molar-refractivity contribution in [3.05, 3.63) is 82.1 Å². The predicted octanol–water partition coefficient (Wildman–Crippen LogP) is 4.80. The van der Waals surface area contributed by atoms with Crippen LogP contribution in [-0.4, -0.2) is 61.0 Å². The normalized spacial score (nSPS) is 15.7. The van der Waals surface area contributed by atoms with Crippen molar-refractivity contribution in [2.45, 2.75) is 19.4 Å². The number of anilines is 1. The number of aryl methyl sites for hydroxylation is 1. The van der Waals surface area contributed by atoms with Crippen LogP contribution in [0.5, 0.6) is 0 Å². The molecule has 4 rings (SSSR count). The summed E-state index contributed by atoms with van der Waals surface area (Å²) < 4.78 is 5.16. The summed E-state index contributed by atoms with van der Waals surface area (Å²) in [5.41, 5.74) is 3.34. The third kappa shape index (κ3) is 4.85. The molecule has 0 radical (unpaired) electrons. The Kier molecular flexibility index (Phi) is 7.33. The summed E-state index contributed by atoms with van der Waals surface area (Å²) in [4.78, 5) is 35.5. The van der Waals surface area contributed by atoms with Crippen LogP contribution < -0.4 is 4.90 Å². The number of ketones is 1. The monoisotopic (exact) mass is 491 g/mol. The van der Waals surface area contributed by atoms with Crippen molar-refractivity contribution in [1.29, 1.82) is 0 Å². The highest BCUT2D eigenvalue weighted by Gasteiger charge is 2.44. The maximum absolute atomic E-state index is 13.8. The zero-order chi connectivity index (χ0) is 25.1. The highest BCUT2D eigenvalue weighted by atomic mass is 32.1. The van der Waals surface area contributed by atoms with E-state index in [0.717, 1.165) is 21.8 Å². The highest BCUT2D eigenvalue weighted by molar-refractivity contribution is 7.17. The van der Waals surface area contributed by atoms with E-state index in [0.29, 0.717) is 30.1 Å². The van der Waals surface area contributed by atoms with Gasteiger partial charge in [-0.2, -0.15) is 0 Å². The molecule has 1 N–H and O–H groups in total. The van der Waals surface area contributed by atoms with Crippen LogP contribution in [0.25, 0.3) is 10.6 Å². The fourth-order valence-corrected chi connectivity index (χ4v) is 5.26. The van der Waals surface area contributed by atoms with Crippen LogP contribution in [0.1, 0.15) is 33.4 Å². The second-order valence-electron chi connectivity index (χ2n) is 8.62. The van der Waals surface area contributed by atoms with Gasteiger partial charge in [0.05, 0.1) is 22.2 Å². The first-order chi connectivity index (χ1) is 16.8. The average Bonchev–Trinajstić information content (AvgIpc) is 3.37. The molecular weight excluding hydrogens is 462 g/mol. The molecule has 1 amide bonds. The lowest BCUT2D eigenvalue weighted by Gasteiger charge is -2.27. The molecule has 1 aliphatic rings. The number of methoxy groups -OCH3 is 1. The standard InChI is InChI=1S/C27H29N3O4S/c1-17-25(35-26(28-17)19-9-6-5-7-10-19)23(31)21-22(18-11-13-20(14-12-18)29(2)3)30(15-8-16-34-4)27(33)24(21)32/h5-7,9-14,22,32H,8,15-16H2,1-4H3. The number of amides is 1. The van der Waals surface area contributed by atoms with Crippen molar-refractivity contribution in [3.8, 4) is 10.6 Å². The molecule has 0 fully saturated rings. The van der Waals surface area contributed by atoms with Crippen molar-refractivity contribution >= 4 is 28.7 Å². The minimum absolute atomic E-state index is 0.0939. The van der Waals surface area contributed by atoms with Crippen LogP contribution >= 0.6 is 11.3 Å². The Morgan fingerprint density at radius 2 is 1.83 bits per heavy atom. The number of carbonyl (C=O) groups excluding carboxylic acids is 2. The van der Waals surface area contributed by atoms with Gasteiger partial charge in [-0.1, -0.05) is 42.5 Å². The highest BCUT2D eigenvalue weighted by Crippen LogP contribution is 2.41. The Hall–Kier alpha value is -3.49. The number of rotatable bonds is 9. The van der Waals surface area contributed by atoms with Crippen molar-refractivity contribution < 1.29 is 19.4 Å². The van der Waals surface area contributed by atoms with E-state index in [1.807, 2.05) is 73.6 Å². The minimum Gasteiger partial charge on any atom is -0.503 e. The van der Waals surface area contributed by atoms with Gasteiger partial charge in [0.1, 0.15) is 5.01 Å². The fourth-order valence-electron chi connectivity index (χ4n) is 4.23. The molecule has 2 aromatic carbocycles. The van der Waals surface area contributed by atoms with Crippen molar-refractivity contribution in [2.75, 3.05) is 39.3 Å². The van der Waals surface area contributed by atoms with Crippen LogP contribution in [0.15, 0.2) is 65.9 Å². The Morgan fingerprint density at radius 1 is 1.14 bits per heavy atom. The van der Waals surface area contributed by atoms with E-state index < -0.39 is 17.7 Å². The number of Topliss-reactive ketones (excluding diaryl/α,β-unsaturated/α-hetero) is 1. The maximum Gasteiger partial charge on any atom is 0.290 e. The van der Waals surface area contributed by atoms with Gasteiger partial charge in [-0.25, -0.2) is 4.98 Å². The predicted molar refractivity (Wildman–Crippen MR) is 138 cm³/mol. The van der Waals surface area contributed by atoms with Gasteiger partial charge >= 0.3 is 0 Å². The van der Waals surface area contributed by atoms with Crippen LogP contribution in [0.4, 0.5) is 5.69 Å². The topological polar surface area (TPSA) is 83.0 Å². The average molecular weight is 492 g/mol. The lowest BCUT2D eigenvalue weighted by Crippen LogP contribution is -2.32. The molecule has 0 bridgehead atoms. The van der Waals surface area contributed by atoms with Crippen molar-refractivity contribution in [2.24, 2.45) is 0 Å². The lowest BCUT2D eigenvalue weighted by atomic mass is 9.94. The number of nitrogens with zero attached hydrogens (tertiary/aromatic N) is 3. The molecule has 2 heterocycles. The Morgan fingerprint density at radius 3 is 2.46 bits per heavy atom. The van der Waals surface area contributed by atoms with Gasteiger partial charge in [0.15, 0.2) is 5.76 Å². The first kappa shape index (κ1) is 24.6. The Bertz CT molecular complexity index is 1250. The third-order valence-electron chi connectivity index (χ3n) is 6.04. The van der Waals surface area contributed by atoms with Crippen molar-refractivity contribution in [1.82, 2.24) is 9.88 Å². The zero-order valence-electron chi connectivity index (χ0n) is 20.3. The van der Waals surface area contributed by atoms with Gasteiger partial charge in [0.25, 0.3) is 5.91 Å². The molecule has 0 saturated carbocycles. The van der Waals surface area contributed by atoms with E-state index >= 15 is 0 Å². The third-order valence-corrected chi connectivity index (χ3v) is 7.25. The van der Waals surface area contributed by atoms with Crippen LogP contribution in [0.2, 0.25) is 0 Å². The fraction of sp³-hybridized carbons (Fsp3) is 0.296. The number of aliphatic hydroxyl groups excluding tert-OH is 1. The summed E-state index contributed by atoms with van der Waals surface area (Å²) in [6, 6.07) is 16.6. The quantitative estimate of drug-likeness (QED) is 0.342. The van der Waals surface area contributed by atoms with Gasteiger partial charge in [-0.15, -0.1) is 11.3 Å². The van der Waals surface area contributed by atoms with Crippen LogP contribution in [-0.2, 0) is 9.53 Å². The smallest absolute Gasteiger partial charge is 0.290 e. The second-order valence-corrected chi connectivity index (χ2v) is 9.62. The molecule has 0 spiro atoms. The molecular formula is C27H29N3O4S. The molecule has 7 nitrogen and oxygen atoms in total. The van der Waals surface area contributed by atoms with E-state index in [4.69, 9.17) is 4.74 Å². The van der Waals surface area contributed by atoms with Gasteiger partial charge in [-0.05, 0) is 31.0 Å². The number of hydrogen-bond donors (Lipinski definition) is 1. The first-order valence-corrected chi connectivity index (χ1v) is 12.2. The molecule has 1 aliphatic heterocycles. The number of aromatic nitrogens is 1. The number of thiazole rings is 1. The summed E-state index contributed by atoms with van der Waals surface area (Å²) in [6.45, 7) is 2.60. The number of hydrogen-bond acceptors (Lipinski definition) is 7. The van der Waals surface area contributed by atoms with E-state index in [1.165, 1.54) is 11.3 Å². The van der Waals surface area contributed by atoms with Gasteiger partial charge in [0.2, 0.25) is 5.78 Å². The molecule has 0 saturated heterocycles. The number of ether oxygens (including phenoxy) is 1. The summed E-state index contributed by atoms with van der Waals surface area (Å²) in [5, 5.41) is 11.6. The summed E-state index contributed by atoms with van der Waals surface area (Å²) in [5.74, 6) is -1.41. The van der Waals surface area contributed by atoms with E-state index in [1.54, 1.807) is 18.9 Å². The number of carbonyl (C=O) groups is 2. The van der Waals surface area contributed by atoms with Gasteiger partial charge in [0, 0.05) is 45.6 Å². The van der Waals surface area contributed by atoms with Crippen LogP contribution in [0.3, 0.4) is 0 Å². The molecule has 1 aromatic heterocycles. The van der Waals surface area contributed by atoms with Crippen LogP contribution in [0, 0.1) is 6.92 Å². The zero-order valence-corrected chi connectivity index (χ0v) is 21.1. The molecule has 182 valence electrons. The van der Waals surface area contributed by atoms with E-state index in [-0.39, 0.29) is 11.4 Å². The van der Waals surface area contributed by atoms with E-state index in [9.17, 15) is 14.7 Å². The molecule has 8 heteroatoms. The number of benzene rings is 2. The molecule has 1 unspecified atom stereocenters. The van der Waals surface area contributed by atoms with E-state index in [2.05, 4.69) is 4.98 Å². The lowest BCUT2D eigenvalue weighted by molar-refractivity contribution is -0.129. The molecule has 0 aliphatic carbocycles. The maximum atomic E-state index is 13.8. The minimum atomic E-state index is -0.690. The summed E-state index contributed by atoms with van der Waals surface area (Å²) in [7, 11) is 5.50. The Balaban J connectivity index is 1.75.